The molecule has 0 aromatic heterocycles. The van der Waals surface area contributed by atoms with Crippen LogP contribution in [0.25, 0.3) is 0 Å². The Labute approximate surface area is 126 Å². The molecule has 1 rings (SSSR count). The molecule has 0 heterocycles. The molecule has 1 aromatic carbocycles. The minimum absolute atomic E-state index is 0.467. The predicted molar refractivity (Wildman–Crippen MR) is 88.4 cm³/mol. The van der Waals surface area contributed by atoms with E-state index in [2.05, 4.69) is 44.0 Å². The molecule has 1 nitrogen and oxygen atoms in total. The van der Waals surface area contributed by atoms with E-state index in [0.717, 1.165) is 12.8 Å². The van der Waals surface area contributed by atoms with Gasteiger partial charge in [-0.15, -0.1) is 0 Å². The zero-order valence-corrected chi connectivity index (χ0v) is 13.0. The first kappa shape index (κ1) is 16.6. The van der Waals surface area contributed by atoms with E-state index in [1.807, 2.05) is 24.1 Å². The Kier molecular flexibility index (Phi) is 7.79. The van der Waals surface area contributed by atoms with Gasteiger partial charge in [0.2, 0.25) is 0 Å². The van der Waals surface area contributed by atoms with Crippen molar-refractivity contribution >= 4 is 17.7 Å². The molecule has 0 radical (unpaired) electrons. The molecule has 0 bridgehead atoms. The van der Waals surface area contributed by atoms with Crippen molar-refractivity contribution in [3.05, 3.63) is 60.0 Å². The maximum absolute atomic E-state index is 10.7. The summed E-state index contributed by atoms with van der Waals surface area (Å²) in [6.45, 7) is 8.05. The van der Waals surface area contributed by atoms with Crippen LogP contribution in [0.4, 0.5) is 0 Å². The Morgan fingerprint density at radius 2 is 2.05 bits per heavy atom. The Hall–Kier alpha value is -1.50. The van der Waals surface area contributed by atoms with Crippen LogP contribution in [0.15, 0.2) is 64.9 Å². The fourth-order valence-electron chi connectivity index (χ4n) is 1.89. The number of benzene rings is 1. The molecule has 0 spiro atoms. The largest absolute Gasteiger partial charge is 0.233 e. The van der Waals surface area contributed by atoms with Gasteiger partial charge in [0, 0.05) is 10.5 Å². The van der Waals surface area contributed by atoms with Gasteiger partial charge in [0.15, 0.2) is 0 Å². The van der Waals surface area contributed by atoms with Gasteiger partial charge in [-0.25, -0.2) is 4.79 Å². The van der Waals surface area contributed by atoms with E-state index in [0.29, 0.717) is 17.4 Å². The molecule has 20 heavy (non-hydrogen) atoms. The lowest BCUT2D eigenvalue weighted by Crippen LogP contribution is -2.05. The van der Waals surface area contributed by atoms with E-state index >= 15 is 0 Å². The molecule has 0 aliphatic heterocycles. The zero-order valence-electron chi connectivity index (χ0n) is 12.2. The van der Waals surface area contributed by atoms with E-state index < -0.39 is 0 Å². The summed E-state index contributed by atoms with van der Waals surface area (Å²) in [5, 5.41) is 2.15. The van der Waals surface area contributed by atoms with Gasteiger partial charge in [-0.1, -0.05) is 62.5 Å². The van der Waals surface area contributed by atoms with Crippen LogP contribution in [0, 0.1) is 11.8 Å². The third-order valence-corrected chi connectivity index (χ3v) is 4.09. The molecule has 1 aromatic rings. The summed E-state index contributed by atoms with van der Waals surface area (Å²) in [5.41, 5.74) is 0.666. The van der Waals surface area contributed by atoms with Crippen molar-refractivity contribution < 1.29 is 4.79 Å². The minimum atomic E-state index is 0.467. The summed E-state index contributed by atoms with van der Waals surface area (Å²) < 4.78 is 0. The van der Waals surface area contributed by atoms with E-state index in [9.17, 15) is 4.79 Å². The fraction of sp³-hybridized carbons (Fsp3) is 0.333. The highest BCUT2D eigenvalue weighted by molar-refractivity contribution is 8.02. The lowest BCUT2D eigenvalue weighted by molar-refractivity contribution is 0.437. The van der Waals surface area contributed by atoms with Crippen molar-refractivity contribution in [1.82, 2.24) is 0 Å². The number of rotatable bonds is 8. The first-order valence-corrected chi connectivity index (χ1v) is 7.80. The van der Waals surface area contributed by atoms with E-state index in [1.165, 1.54) is 4.90 Å². The fourth-order valence-corrected chi connectivity index (χ4v) is 2.64. The Morgan fingerprint density at radius 1 is 1.35 bits per heavy atom. The van der Waals surface area contributed by atoms with Gasteiger partial charge in [-0.2, -0.15) is 0 Å². The van der Waals surface area contributed by atoms with Gasteiger partial charge in [0.25, 0.3) is 0 Å². The third kappa shape index (κ3) is 6.10. The van der Waals surface area contributed by atoms with Gasteiger partial charge in [-0.3, -0.25) is 0 Å². The highest BCUT2D eigenvalue weighted by atomic mass is 32.2. The number of thioether (sulfide) groups is 1. The van der Waals surface area contributed by atoms with Crippen molar-refractivity contribution in [1.29, 1.82) is 0 Å². The van der Waals surface area contributed by atoms with Crippen LogP contribution in [0.1, 0.15) is 26.7 Å². The quantitative estimate of drug-likeness (QED) is 0.367. The molecule has 0 N–H and O–H groups in total. The lowest BCUT2D eigenvalue weighted by Gasteiger charge is -2.16. The predicted octanol–water partition coefficient (Wildman–Crippen LogP) is 5.29. The van der Waals surface area contributed by atoms with Crippen LogP contribution in [0.2, 0.25) is 0 Å². The second-order valence-corrected chi connectivity index (χ2v) is 6.02. The second kappa shape index (κ2) is 9.41. The second-order valence-electron chi connectivity index (χ2n) is 5.04. The third-order valence-electron chi connectivity index (χ3n) is 3.25. The van der Waals surface area contributed by atoms with Crippen LogP contribution >= 0.6 is 11.8 Å². The van der Waals surface area contributed by atoms with E-state index in [4.69, 9.17) is 0 Å². The molecule has 0 aliphatic rings. The summed E-state index contributed by atoms with van der Waals surface area (Å²) in [5.74, 6) is 2.97. The highest BCUT2D eigenvalue weighted by Gasteiger charge is 2.10. The van der Waals surface area contributed by atoms with E-state index in [1.54, 1.807) is 17.8 Å². The molecule has 0 saturated carbocycles. The van der Waals surface area contributed by atoms with Crippen molar-refractivity contribution in [2.24, 2.45) is 11.8 Å². The number of carbonyl (C=O) groups excluding carboxylic acids is 1. The summed E-state index contributed by atoms with van der Waals surface area (Å²) >= 11 is 1.73. The SMILES string of the molecule is C=CC(=C=O)CC[C@H](/C=C/Sc1ccccc1)C(C)C. The maximum atomic E-state index is 10.7. The normalized spacial score (nSPS) is 12.3. The number of hydrogen-bond acceptors (Lipinski definition) is 2. The Balaban J connectivity index is 2.54. The molecule has 0 saturated heterocycles. The molecule has 0 unspecified atom stereocenters. The Morgan fingerprint density at radius 3 is 2.60 bits per heavy atom. The summed E-state index contributed by atoms with van der Waals surface area (Å²) in [7, 11) is 0. The highest BCUT2D eigenvalue weighted by Crippen LogP contribution is 2.24. The zero-order chi connectivity index (χ0) is 14.8. The smallest absolute Gasteiger partial charge is 0.127 e. The molecule has 106 valence electrons. The molecule has 1 atom stereocenters. The van der Waals surface area contributed by atoms with Crippen LogP contribution in [0.5, 0.6) is 0 Å². The van der Waals surface area contributed by atoms with Crippen molar-refractivity contribution in [2.45, 2.75) is 31.6 Å². The van der Waals surface area contributed by atoms with Crippen molar-refractivity contribution in [2.75, 3.05) is 0 Å². The summed E-state index contributed by atoms with van der Waals surface area (Å²) in [6.07, 6.45) is 5.55. The van der Waals surface area contributed by atoms with Crippen LogP contribution in [-0.4, -0.2) is 5.94 Å². The monoisotopic (exact) mass is 286 g/mol. The summed E-state index contributed by atoms with van der Waals surface area (Å²) in [6, 6.07) is 10.3. The Bertz CT molecular complexity index is 481. The van der Waals surface area contributed by atoms with Crippen molar-refractivity contribution in [3.63, 3.8) is 0 Å². The average molecular weight is 286 g/mol. The number of hydrogen-bond donors (Lipinski definition) is 0. The van der Waals surface area contributed by atoms with Crippen LogP contribution in [0.3, 0.4) is 0 Å². The molecular formula is C18H22OS. The molecular weight excluding hydrogens is 264 g/mol. The topological polar surface area (TPSA) is 17.1 Å². The summed E-state index contributed by atoms with van der Waals surface area (Å²) in [4.78, 5) is 11.9. The van der Waals surface area contributed by atoms with Crippen molar-refractivity contribution in [3.8, 4) is 0 Å². The maximum Gasteiger partial charge on any atom is 0.127 e. The van der Waals surface area contributed by atoms with E-state index in [-0.39, 0.29) is 0 Å². The van der Waals surface area contributed by atoms with Gasteiger partial charge in [0.1, 0.15) is 5.94 Å². The average Bonchev–Trinajstić information content (AvgIpc) is 2.47. The molecule has 0 fully saturated rings. The molecule has 0 amide bonds. The lowest BCUT2D eigenvalue weighted by atomic mass is 9.90. The molecule has 0 aliphatic carbocycles. The van der Waals surface area contributed by atoms with Gasteiger partial charge < -0.3 is 0 Å². The van der Waals surface area contributed by atoms with Crippen LogP contribution < -0.4 is 0 Å². The number of allylic oxidation sites excluding steroid dienone is 3. The van der Waals surface area contributed by atoms with Gasteiger partial charge in [-0.05, 0) is 42.2 Å². The van der Waals surface area contributed by atoms with Gasteiger partial charge >= 0.3 is 0 Å². The first-order chi connectivity index (χ1) is 9.67. The minimum Gasteiger partial charge on any atom is -0.233 e. The standard InChI is InChI=1S/C18H22OS/c1-4-16(14-19)10-11-17(15(2)3)12-13-20-18-8-6-5-7-9-18/h4-9,12-13,15,17H,1,10-11H2,2-3H3/b13-12+/t17-/m1/s1. The van der Waals surface area contributed by atoms with Crippen LogP contribution in [-0.2, 0) is 4.79 Å². The molecule has 2 heteroatoms. The first-order valence-electron chi connectivity index (χ1n) is 6.92. The van der Waals surface area contributed by atoms with Gasteiger partial charge in [0.05, 0.1) is 0 Å².